The lowest BCUT2D eigenvalue weighted by atomic mass is 9.90. The Kier molecular flexibility index (Phi) is 9.89. The minimum absolute atomic E-state index is 0. The summed E-state index contributed by atoms with van der Waals surface area (Å²) in [6.45, 7) is 3.77. The Hall–Kier alpha value is -2.69. The predicted octanol–water partition coefficient (Wildman–Crippen LogP) is 3.51. The average molecular weight is 554 g/mol. The highest BCUT2D eigenvalue weighted by Crippen LogP contribution is 2.38. The zero-order valence-corrected chi connectivity index (χ0v) is 21.2. The molecule has 2 aromatic rings. The molecule has 1 heterocycles. The second-order valence-electron chi connectivity index (χ2n) is 7.15. The molecule has 3 N–H and O–H groups in total. The molecule has 2 aromatic carbocycles. The van der Waals surface area contributed by atoms with E-state index in [0.29, 0.717) is 42.7 Å². The third-order valence-corrected chi connectivity index (χ3v) is 5.11. The van der Waals surface area contributed by atoms with E-state index < -0.39 is 0 Å². The zero-order valence-electron chi connectivity index (χ0n) is 18.9. The highest BCUT2D eigenvalue weighted by atomic mass is 127. The first-order chi connectivity index (χ1) is 15.1. The quantitative estimate of drug-likeness (QED) is 0.263. The highest BCUT2D eigenvalue weighted by molar-refractivity contribution is 14.0. The van der Waals surface area contributed by atoms with Crippen molar-refractivity contribution in [2.75, 3.05) is 39.7 Å². The van der Waals surface area contributed by atoms with Gasteiger partial charge >= 0.3 is 0 Å². The van der Waals surface area contributed by atoms with E-state index in [1.807, 2.05) is 37.3 Å². The maximum atomic E-state index is 12.1. The summed E-state index contributed by atoms with van der Waals surface area (Å²) in [7, 11) is 4.76. The molecule has 0 spiro atoms. The fraction of sp³-hybridized carbons (Fsp3) is 0.391. The van der Waals surface area contributed by atoms with Crippen molar-refractivity contribution in [1.29, 1.82) is 0 Å². The van der Waals surface area contributed by atoms with Gasteiger partial charge in [-0.15, -0.1) is 24.0 Å². The molecule has 0 fully saturated rings. The van der Waals surface area contributed by atoms with Gasteiger partial charge in [0.25, 0.3) is 0 Å². The van der Waals surface area contributed by atoms with Crippen molar-refractivity contribution in [2.45, 2.75) is 25.8 Å². The number of para-hydroxylation sites is 1. The molecule has 0 saturated heterocycles. The molecule has 9 heteroatoms. The van der Waals surface area contributed by atoms with Gasteiger partial charge in [0.2, 0.25) is 11.7 Å². The summed E-state index contributed by atoms with van der Waals surface area (Å²) in [4.78, 5) is 16.8. The van der Waals surface area contributed by atoms with E-state index in [4.69, 9.17) is 19.2 Å². The standard InChI is InChI=1S/C23H30N4O4.HI/c1-5-24-23(25-13-15-10-19(29-2)22(31-4)20(11-15)30-3)26-14-16-12-21(28)27-18-9-7-6-8-17(16)18;/h6-11,16H,5,12-14H2,1-4H3,(H,27,28)(H2,24,25,26);1H. The normalized spacial score (nSPS) is 15.1. The van der Waals surface area contributed by atoms with Crippen molar-refractivity contribution in [2.24, 2.45) is 4.99 Å². The lowest BCUT2D eigenvalue weighted by molar-refractivity contribution is -0.116. The number of amides is 1. The van der Waals surface area contributed by atoms with Gasteiger partial charge in [0.1, 0.15) is 0 Å². The number of methoxy groups -OCH3 is 3. The molecule has 0 aliphatic carbocycles. The van der Waals surface area contributed by atoms with Crippen LogP contribution in [0.25, 0.3) is 0 Å². The van der Waals surface area contributed by atoms with E-state index >= 15 is 0 Å². The molecular weight excluding hydrogens is 523 g/mol. The first-order valence-electron chi connectivity index (χ1n) is 10.3. The van der Waals surface area contributed by atoms with Crippen LogP contribution in [0, 0.1) is 0 Å². The van der Waals surface area contributed by atoms with Gasteiger partial charge in [0.15, 0.2) is 17.5 Å². The number of carbonyl (C=O) groups excluding carboxylic acids is 1. The van der Waals surface area contributed by atoms with Crippen molar-refractivity contribution in [3.8, 4) is 17.2 Å². The second-order valence-corrected chi connectivity index (χ2v) is 7.15. The SMILES string of the molecule is CCNC(=NCc1cc(OC)c(OC)c(OC)c1)NCC1CC(=O)Nc2ccccc21.I. The molecule has 0 bridgehead atoms. The van der Waals surface area contributed by atoms with Gasteiger partial charge in [-0.05, 0) is 36.2 Å². The summed E-state index contributed by atoms with van der Waals surface area (Å²) in [5, 5.41) is 9.57. The van der Waals surface area contributed by atoms with E-state index in [9.17, 15) is 4.79 Å². The number of rotatable bonds is 8. The van der Waals surface area contributed by atoms with Crippen LogP contribution in [-0.4, -0.2) is 46.3 Å². The second kappa shape index (κ2) is 12.4. The minimum Gasteiger partial charge on any atom is -0.493 e. The van der Waals surface area contributed by atoms with E-state index in [-0.39, 0.29) is 35.8 Å². The lowest BCUT2D eigenvalue weighted by Crippen LogP contribution is -2.40. The third kappa shape index (κ3) is 6.18. The summed E-state index contributed by atoms with van der Waals surface area (Å²) < 4.78 is 16.2. The number of carbonyl (C=O) groups is 1. The molecule has 0 saturated carbocycles. The van der Waals surface area contributed by atoms with Gasteiger partial charge in [-0.2, -0.15) is 0 Å². The maximum absolute atomic E-state index is 12.1. The fourth-order valence-corrected chi connectivity index (χ4v) is 3.64. The zero-order chi connectivity index (χ0) is 22.2. The fourth-order valence-electron chi connectivity index (χ4n) is 3.64. The Bertz CT molecular complexity index is 926. The molecule has 0 aromatic heterocycles. The van der Waals surface area contributed by atoms with Crippen LogP contribution in [0.15, 0.2) is 41.4 Å². The summed E-state index contributed by atoms with van der Waals surface area (Å²) in [5.41, 5.74) is 2.94. The molecule has 1 unspecified atom stereocenters. The van der Waals surface area contributed by atoms with Crippen LogP contribution in [-0.2, 0) is 11.3 Å². The van der Waals surface area contributed by atoms with Crippen LogP contribution < -0.4 is 30.2 Å². The number of nitrogens with zero attached hydrogens (tertiary/aromatic N) is 1. The van der Waals surface area contributed by atoms with E-state index in [1.165, 1.54) is 0 Å². The molecule has 32 heavy (non-hydrogen) atoms. The molecule has 1 atom stereocenters. The number of fused-ring (bicyclic) bond motifs is 1. The number of guanidine groups is 1. The van der Waals surface area contributed by atoms with Crippen LogP contribution in [0.5, 0.6) is 17.2 Å². The number of hydrogen-bond donors (Lipinski definition) is 3. The summed E-state index contributed by atoms with van der Waals surface area (Å²) >= 11 is 0. The molecular formula is C23H31IN4O4. The molecule has 1 aliphatic rings. The Morgan fingerprint density at radius 3 is 2.41 bits per heavy atom. The molecule has 0 radical (unpaired) electrons. The van der Waals surface area contributed by atoms with Gasteiger partial charge in [0, 0.05) is 31.1 Å². The molecule has 1 aliphatic heterocycles. The largest absolute Gasteiger partial charge is 0.493 e. The Morgan fingerprint density at radius 1 is 1.09 bits per heavy atom. The minimum atomic E-state index is 0. The van der Waals surface area contributed by atoms with E-state index in [1.54, 1.807) is 21.3 Å². The van der Waals surface area contributed by atoms with Crippen molar-refractivity contribution < 1.29 is 19.0 Å². The topological polar surface area (TPSA) is 93.2 Å². The summed E-state index contributed by atoms with van der Waals surface area (Å²) in [6, 6.07) is 11.7. The van der Waals surface area contributed by atoms with Crippen LogP contribution in [0.4, 0.5) is 5.69 Å². The van der Waals surface area contributed by atoms with Gasteiger partial charge in [-0.3, -0.25) is 4.79 Å². The highest BCUT2D eigenvalue weighted by Gasteiger charge is 2.24. The Balaban J connectivity index is 0.00000363. The number of anilines is 1. The molecule has 3 rings (SSSR count). The van der Waals surface area contributed by atoms with Crippen LogP contribution in [0.3, 0.4) is 0 Å². The first kappa shape index (κ1) is 25.6. The first-order valence-corrected chi connectivity index (χ1v) is 10.3. The predicted molar refractivity (Wildman–Crippen MR) is 137 cm³/mol. The Morgan fingerprint density at radius 2 is 1.78 bits per heavy atom. The third-order valence-electron chi connectivity index (χ3n) is 5.11. The monoisotopic (exact) mass is 554 g/mol. The summed E-state index contributed by atoms with van der Waals surface area (Å²) in [5.74, 6) is 2.53. The molecule has 8 nitrogen and oxygen atoms in total. The number of ether oxygens (including phenoxy) is 3. The van der Waals surface area contributed by atoms with Crippen molar-refractivity contribution in [3.63, 3.8) is 0 Å². The number of benzene rings is 2. The Labute approximate surface area is 206 Å². The van der Waals surface area contributed by atoms with Crippen LogP contribution >= 0.6 is 24.0 Å². The maximum Gasteiger partial charge on any atom is 0.225 e. The van der Waals surface area contributed by atoms with Crippen molar-refractivity contribution in [1.82, 2.24) is 10.6 Å². The number of aliphatic imine (C=N–C) groups is 1. The lowest BCUT2D eigenvalue weighted by Gasteiger charge is -2.26. The van der Waals surface area contributed by atoms with E-state index in [2.05, 4.69) is 22.0 Å². The van der Waals surface area contributed by atoms with Crippen molar-refractivity contribution in [3.05, 3.63) is 47.5 Å². The van der Waals surface area contributed by atoms with Crippen LogP contribution in [0.1, 0.15) is 30.4 Å². The van der Waals surface area contributed by atoms with Gasteiger partial charge < -0.3 is 30.2 Å². The van der Waals surface area contributed by atoms with Crippen LogP contribution in [0.2, 0.25) is 0 Å². The number of halogens is 1. The van der Waals surface area contributed by atoms with E-state index in [0.717, 1.165) is 23.4 Å². The van der Waals surface area contributed by atoms with Gasteiger partial charge in [-0.1, -0.05) is 18.2 Å². The van der Waals surface area contributed by atoms with Gasteiger partial charge in [-0.25, -0.2) is 4.99 Å². The number of nitrogens with one attached hydrogen (secondary N) is 3. The molecule has 1 amide bonds. The smallest absolute Gasteiger partial charge is 0.225 e. The summed E-state index contributed by atoms with van der Waals surface area (Å²) in [6.07, 6.45) is 0.441. The average Bonchev–Trinajstić information content (AvgIpc) is 2.79. The number of hydrogen-bond acceptors (Lipinski definition) is 5. The van der Waals surface area contributed by atoms with Gasteiger partial charge in [0.05, 0.1) is 27.9 Å². The van der Waals surface area contributed by atoms with Crippen molar-refractivity contribution >= 4 is 41.5 Å². The molecule has 174 valence electrons.